The summed E-state index contributed by atoms with van der Waals surface area (Å²) in [5.41, 5.74) is 0. The van der Waals surface area contributed by atoms with E-state index >= 15 is 0 Å². The molecule has 1 aromatic rings. The fourth-order valence-electron chi connectivity index (χ4n) is 1.85. The van der Waals surface area contributed by atoms with E-state index in [9.17, 15) is 0 Å². The minimum Gasteiger partial charge on any atom is -0.381 e. The van der Waals surface area contributed by atoms with E-state index in [1.807, 2.05) is 11.6 Å². The molecule has 0 radical (unpaired) electrons. The summed E-state index contributed by atoms with van der Waals surface area (Å²) in [6, 6.07) is 0.368. The highest BCUT2D eigenvalue weighted by Crippen LogP contribution is 2.17. The molecule has 4 heteroatoms. The van der Waals surface area contributed by atoms with Crippen LogP contribution in [0.3, 0.4) is 0 Å². The Kier molecular flexibility index (Phi) is 4.11. The van der Waals surface area contributed by atoms with Crippen LogP contribution in [-0.2, 0) is 4.74 Å². The summed E-state index contributed by atoms with van der Waals surface area (Å²) in [6.45, 7) is 5.07. The van der Waals surface area contributed by atoms with E-state index in [0.29, 0.717) is 12.0 Å². The summed E-state index contributed by atoms with van der Waals surface area (Å²) in [6.07, 6.45) is 4.36. The quantitative estimate of drug-likeness (QED) is 0.855. The first-order valence-corrected chi connectivity index (χ1v) is 6.44. The zero-order chi connectivity index (χ0) is 10.5. The molecule has 2 unspecified atom stereocenters. The van der Waals surface area contributed by atoms with Crippen LogP contribution in [-0.4, -0.2) is 24.7 Å². The molecule has 0 aromatic carbocycles. The van der Waals surface area contributed by atoms with Crippen molar-refractivity contribution in [1.29, 1.82) is 0 Å². The predicted molar refractivity (Wildman–Crippen MR) is 62.1 cm³/mol. The van der Waals surface area contributed by atoms with E-state index in [-0.39, 0.29) is 0 Å². The zero-order valence-electron chi connectivity index (χ0n) is 9.11. The molecule has 0 bridgehead atoms. The Morgan fingerprint density at radius 2 is 2.67 bits per heavy atom. The van der Waals surface area contributed by atoms with Gasteiger partial charge in [-0.25, -0.2) is 4.98 Å². The average Bonchev–Trinajstić information content (AvgIpc) is 2.81. The van der Waals surface area contributed by atoms with Crippen molar-refractivity contribution in [3.63, 3.8) is 0 Å². The van der Waals surface area contributed by atoms with Gasteiger partial charge < -0.3 is 10.1 Å². The molecular formula is C11H18N2OS. The molecule has 84 valence electrons. The minimum atomic E-state index is 0.368. The van der Waals surface area contributed by atoms with Crippen LogP contribution in [0.25, 0.3) is 0 Å². The number of nitrogens with one attached hydrogen (secondary N) is 1. The van der Waals surface area contributed by atoms with Crippen molar-refractivity contribution in [3.8, 4) is 0 Å². The lowest BCUT2D eigenvalue weighted by molar-refractivity contribution is 0.0540. The SMILES string of the molecule is CC(NCC1CCCOC1)c1nccs1. The van der Waals surface area contributed by atoms with Crippen LogP contribution in [0.4, 0.5) is 0 Å². The Labute approximate surface area is 94.9 Å². The number of hydrogen-bond donors (Lipinski definition) is 1. The molecule has 1 aromatic heterocycles. The smallest absolute Gasteiger partial charge is 0.109 e. The van der Waals surface area contributed by atoms with E-state index in [2.05, 4.69) is 17.2 Å². The maximum atomic E-state index is 5.45. The van der Waals surface area contributed by atoms with Crippen LogP contribution in [0.15, 0.2) is 11.6 Å². The van der Waals surface area contributed by atoms with Gasteiger partial charge in [-0.15, -0.1) is 11.3 Å². The summed E-state index contributed by atoms with van der Waals surface area (Å²) in [5.74, 6) is 0.682. The molecule has 1 aliphatic heterocycles. The third-order valence-electron chi connectivity index (χ3n) is 2.79. The van der Waals surface area contributed by atoms with Crippen LogP contribution < -0.4 is 5.32 Å². The Morgan fingerprint density at radius 3 is 3.33 bits per heavy atom. The molecule has 1 N–H and O–H groups in total. The van der Waals surface area contributed by atoms with Gasteiger partial charge in [0.15, 0.2) is 0 Å². The molecule has 0 aliphatic carbocycles. The number of thiazole rings is 1. The molecule has 2 heterocycles. The lowest BCUT2D eigenvalue weighted by Gasteiger charge is -2.23. The fourth-order valence-corrected chi connectivity index (χ4v) is 2.52. The molecular weight excluding hydrogens is 208 g/mol. The number of hydrogen-bond acceptors (Lipinski definition) is 4. The van der Waals surface area contributed by atoms with Gasteiger partial charge in [0.2, 0.25) is 0 Å². The van der Waals surface area contributed by atoms with Crippen molar-refractivity contribution < 1.29 is 4.74 Å². The summed E-state index contributed by atoms with van der Waals surface area (Å²) in [5, 5.41) is 6.72. The molecule has 2 rings (SSSR count). The Hall–Kier alpha value is -0.450. The normalized spacial score (nSPS) is 23.9. The van der Waals surface area contributed by atoms with Crippen LogP contribution in [0, 0.1) is 5.92 Å². The topological polar surface area (TPSA) is 34.1 Å². The standard InChI is InChI=1S/C11H18N2OS/c1-9(11-12-4-6-15-11)13-7-10-3-2-5-14-8-10/h4,6,9-10,13H,2-3,5,7-8H2,1H3. The van der Waals surface area contributed by atoms with Gasteiger partial charge >= 0.3 is 0 Å². The minimum absolute atomic E-state index is 0.368. The van der Waals surface area contributed by atoms with Gasteiger partial charge in [0.05, 0.1) is 12.6 Å². The predicted octanol–water partition coefficient (Wildman–Crippen LogP) is 2.22. The van der Waals surface area contributed by atoms with Crippen LogP contribution in [0.5, 0.6) is 0 Å². The lowest BCUT2D eigenvalue weighted by atomic mass is 10.0. The van der Waals surface area contributed by atoms with Crippen molar-refractivity contribution in [1.82, 2.24) is 10.3 Å². The van der Waals surface area contributed by atoms with Crippen molar-refractivity contribution in [2.75, 3.05) is 19.8 Å². The Morgan fingerprint density at radius 1 is 1.73 bits per heavy atom. The third-order valence-corrected chi connectivity index (χ3v) is 3.75. The van der Waals surface area contributed by atoms with E-state index < -0.39 is 0 Å². The number of ether oxygens (including phenoxy) is 1. The van der Waals surface area contributed by atoms with Crippen molar-refractivity contribution in [3.05, 3.63) is 16.6 Å². The van der Waals surface area contributed by atoms with Crippen LogP contribution in [0.2, 0.25) is 0 Å². The van der Waals surface area contributed by atoms with Gasteiger partial charge in [0.25, 0.3) is 0 Å². The van der Waals surface area contributed by atoms with Gasteiger partial charge in [-0.2, -0.15) is 0 Å². The summed E-state index contributed by atoms with van der Waals surface area (Å²) in [7, 11) is 0. The number of nitrogens with zero attached hydrogens (tertiary/aromatic N) is 1. The first-order valence-electron chi connectivity index (χ1n) is 5.57. The molecule has 3 nitrogen and oxygen atoms in total. The average molecular weight is 226 g/mol. The molecule has 0 saturated carbocycles. The van der Waals surface area contributed by atoms with Crippen LogP contribution >= 0.6 is 11.3 Å². The van der Waals surface area contributed by atoms with Crippen LogP contribution in [0.1, 0.15) is 30.8 Å². The van der Waals surface area contributed by atoms with Gasteiger partial charge in [-0.05, 0) is 25.7 Å². The van der Waals surface area contributed by atoms with Gasteiger partial charge in [0, 0.05) is 24.7 Å². The molecule has 1 saturated heterocycles. The van der Waals surface area contributed by atoms with E-state index in [1.54, 1.807) is 11.3 Å². The highest BCUT2D eigenvalue weighted by Gasteiger charge is 2.15. The summed E-state index contributed by atoms with van der Waals surface area (Å²) < 4.78 is 5.45. The molecule has 1 aliphatic rings. The van der Waals surface area contributed by atoms with Gasteiger partial charge in [0.1, 0.15) is 5.01 Å². The molecule has 1 fully saturated rings. The fraction of sp³-hybridized carbons (Fsp3) is 0.727. The second-order valence-electron chi connectivity index (χ2n) is 4.08. The van der Waals surface area contributed by atoms with E-state index in [4.69, 9.17) is 4.74 Å². The van der Waals surface area contributed by atoms with Crippen molar-refractivity contribution in [2.45, 2.75) is 25.8 Å². The first-order chi connectivity index (χ1) is 7.36. The molecule has 0 amide bonds. The van der Waals surface area contributed by atoms with E-state index in [1.165, 1.54) is 17.8 Å². The monoisotopic (exact) mass is 226 g/mol. The summed E-state index contributed by atoms with van der Waals surface area (Å²) in [4.78, 5) is 4.30. The lowest BCUT2D eigenvalue weighted by Crippen LogP contribution is -2.30. The molecule has 0 spiro atoms. The maximum Gasteiger partial charge on any atom is 0.109 e. The van der Waals surface area contributed by atoms with Gasteiger partial charge in [-0.3, -0.25) is 0 Å². The Balaban J connectivity index is 1.73. The van der Waals surface area contributed by atoms with Gasteiger partial charge in [-0.1, -0.05) is 0 Å². The highest BCUT2D eigenvalue weighted by atomic mass is 32.1. The second-order valence-corrected chi connectivity index (χ2v) is 5.01. The number of rotatable bonds is 4. The molecule has 15 heavy (non-hydrogen) atoms. The number of aromatic nitrogens is 1. The maximum absolute atomic E-state index is 5.45. The third kappa shape index (κ3) is 3.26. The van der Waals surface area contributed by atoms with Crippen molar-refractivity contribution >= 4 is 11.3 Å². The zero-order valence-corrected chi connectivity index (χ0v) is 9.93. The van der Waals surface area contributed by atoms with E-state index in [0.717, 1.165) is 19.8 Å². The second kappa shape index (κ2) is 5.58. The first kappa shape index (κ1) is 11.0. The largest absolute Gasteiger partial charge is 0.381 e. The van der Waals surface area contributed by atoms with Crippen molar-refractivity contribution in [2.24, 2.45) is 5.92 Å². The summed E-state index contributed by atoms with van der Waals surface area (Å²) >= 11 is 1.71. The highest BCUT2D eigenvalue weighted by molar-refractivity contribution is 7.09. The molecule has 2 atom stereocenters. The Bertz CT molecular complexity index is 270.